The molecule has 0 saturated heterocycles. The number of carbonyl (C=O) groups excluding carboxylic acids is 1. The minimum Gasteiger partial charge on any atom is -0.505 e. The van der Waals surface area contributed by atoms with Gasteiger partial charge < -0.3 is 15.0 Å². The normalized spacial score (nSPS) is 11.4. The molecule has 9 nitrogen and oxygen atoms in total. The van der Waals surface area contributed by atoms with E-state index in [1.807, 2.05) is 30.3 Å². The zero-order valence-corrected chi connectivity index (χ0v) is 22.4. The van der Waals surface area contributed by atoms with E-state index in [0.717, 1.165) is 22.9 Å². The number of rotatable bonds is 8. The third-order valence-electron chi connectivity index (χ3n) is 6.51. The number of hydrogen-bond donors (Lipinski definition) is 2. The third kappa shape index (κ3) is 5.76. The van der Waals surface area contributed by atoms with Crippen molar-refractivity contribution in [1.82, 2.24) is 19.9 Å². The second-order valence-electron chi connectivity index (χ2n) is 9.44. The van der Waals surface area contributed by atoms with Gasteiger partial charge in [0.05, 0.1) is 17.0 Å². The van der Waals surface area contributed by atoms with Crippen LogP contribution in [0.3, 0.4) is 0 Å². The average molecular weight is 555 g/mol. The molecule has 5 rings (SSSR count). The van der Waals surface area contributed by atoms with Crippen molar-refractivity contribution in [3.05, 3.63) is 130 Å². The Labute approximate surface area is 230 Å². The molecule has 0 radical (unpaired) electrons. The van der Waals surface area contributed by atoms with Gasteiger partial charge in [-0.25, -0.2) is 8.42 Å². The molecule has 0 spiro atoms. The molecular formula is C30H26N4O5S. The van der Waals surface area contributed by atoms with Gasteiger partial charge in [-0.3, -0.25) is 19.6 Å². The van der Waals surface area contributed by atoms with Crippen LogP contribution in [0.2, 0.25) is 0 Å². The first-order chi connectivity index (χ1) is 19.2. The number of fused-ring (bicyclic) bond motifs is 1. The van der Waals surface area contributed by atoms with Gasteiger partial charge in [-0.15, -0.1) is 0 Å². The van der Waals surface area contributed by atoms with E-state index in [1.165, 1.54) is 16.7 Å². The number of nitrogens with one attached hydrogen (secondary N) is 1. The maximum Gasteiger partial charge on any atom is 0.268 e. The van der Waals surface area contributed by atoms with Crippen LogP contribution < -0.4 is 10.9 Å². The Balaban J connectivity index is 1.59. The summed E-state index contributed by atoms with van der Waals surface area (Å²) >= 11 is 0. The highest BCUT2D eigenvalue weighted by molar-refractivity contribution is 7.90. The maximum absolute atomic E-state index is 13.8. The Kier molecular flexibility index (Phi) is 7.43. The number of pyridine rings is 3. The Morgan fingerprint density at radius 1 is 0.925 bits per heavy atom. The fourth-order valence-corrected chi connectivity index (χ4v) is 5.06. The zero-order valence-electron chi connectivity index (χ0n) is 21.6. The highest BCUT2D eigenvalue weighted by Crippen LogP contribution is 2.27. The van der Waals surface area contributed by atoms with Crippen molar-refractivity contribution in [2.24, 2.45) is 0 Å². The second-order valence-corrected chi connectivity index (χ2v) is 11.5. The first-order valence-corrected chi connectivity index (χ1v) is 14.3. The Morgan fingerprint density at radius 2 is 1.62 bits per heavy atom. The summed E-state index contributed by atoms with van der Waals surface area (Å²) < 4.78 is 25.2. The summed E-state index contributed by atoms with van der Waals surface area (Å²) in [5, 5.41) is 13.8. The van der Waals surface area contributed by atoms with Crippen LogP contribution in [0, 0.1) is 0 Å². The van der Waals surface area contributed by atoms with Crippen LogP contribution in [0.15, 0.2) is 101 Å². The smallest absolute Gasteiger partial charge is 0.268 e. The molecule has 1 amide bonds. The van der Waals surface area contributed by atoms with Gasteiger partial charge >= 0.3 is 0 Å². The largest absolute Gasteiger partial charge is 0.505 e. The maximum atomic E-state index is 13.8. The van der Waals surface area contributed by atoms with E-state index in [0.29, 0.717) is 17.5 Å². The standard InChI is InChI=1S/C30H26N4O5S/c1-40(38,39)24-9-7-22(8-10-24)19-34-25-16-23(15-20-5-3-2-4-6-20)18-32-27(25)28(35)26(30(34)37)29(36)33-17-21-11-13-31-14-12-21/h2-14,16,18,35H,15,17,19H2,1H3,(H,33,36). The van der Waals surface area contributed by atoms with Crippen LogP contribution in [0.1, 0.15) is 32.6 Å². The highest BCUT2D eigenvalue weighted by atomic mass is 32.2. The van der Waals surface area contributed by atoms with E-state index in [2.05, 4.69) is 15.3 Å². The lowest BCUT2D eigenvalue weighted by Gasteiger charge is -2.16. The van der Waals surface area contributed by atoms with Crippen molar-refractivity contribution >= 4 is 26.8 Å². The molecule has 40 heavy (non-hydrogen) atoms. The van der Waals surface area contributed by atoms with Crippen molar-refractivity contribution in [3.63, 3.8) is 0 Å². The predicted molar refractivity (Wildman–Crippen MR) is 151 cm³/mol. The molecule has 3 aromatic heterocycles. The van der Waals surface area contributed by atoms with E-state index in [-0.39, 0.29) is 23.5 Å². The Morgan fingerprint density at radius 3 is 2.30 bits per heavy atom. The topological polar surface area (TPSA) is 131 Å². The van der Waals surface area contributed by atoms with Gasteiger partial charge in [0.1, 0.15) is 11.1 Å². The van der Waals surface area contributed by atoms with Gasteiger partial charge in [0.2, 0.25) is 0 Å². The molecule has 0 bridgehead atoms. The van der Waals surface area contributed by atoms with Crippen LogP contribution >= 0.6 is 0 Å². The van der Waals surface area contributed by atoms with E-state index < -0.39 is 32.6 Å². The number of carbonyl (C=O) groups is 1. The van der Waals surface area contributed by atoms with Crippen LogP contribution in [0.5, 0.6) is 5.75 Å². The lowest BCUT2D eigenvalue weighted by atomic mass is 10.0. The predicted octanol–water partition coefficient (Wildman–Crippen LogP) is 3.47. The van der Waals surface area contributed by atoms with Gasteiger partial charge in [-0.1, -0.05) is 42.5 Å². The van der Waals surface area contributed by atoms with Gasteiger partial charge in [-0.05, 0) is 59.0 Å². The second kappa shape index (κ2) is 11.1. The molecule has 2 N–H and O–H groups in total. The Bertz CT molecular complexity index is 1850. The van der Waals surface area contributed by atoms with Gasteiger partial charge in [-0.2, -0.15) is 0 Å². The first kappa shape index (κ1) is 26.8. The number of hydrogen-bond acceptors (Lipinski definition) is 7. The third-order valence-corrected chi connectivity index (χ3v) is 7.64. The fraction of sp³-hybridized carbons (Fsp3) is 0.133. The molecule has 0 aliphatic rings. The number of amides is 1. The zero-order chi connectivity index (χ0) is 28.3. The van der Waals surface area contributed by atoms with Crippen molar-refractivity contribution < 1.29 is 18.3 Å². The van der Waals surface area contributed by atoms with Crippen LogP contribution in [0.25, 0.3) is 11.0 Å². The quantitative estimate of drug-likeness (QED) is 0.300. The van der Waals surface area contributed by atoms with Gasteiger partial charge in [0.25, 0.3) is 11.5 Å². The average Bonchev–Trinajstić information content (AvgIpc) is 2.95. The molecular weight excluding hydrogens is 528 g/mol. The minimum absolute atomic E-state index is 0.0285. The molecule has 0 fully saturated rings. The summed E-state index contributed by atoms with van der Waals surface area (Å²) in [5.74, 6) is -1.24. The number of nitrogens with zero attached hydrogens (tertiary/aromatic N) is 3. The van der Waals surface area contributed by atoms with Crippen molar-refractivity contribution in [2.75, 3.05) is 6.26 Å². The summed E-state index contributed by atoms with van der Waals surface area (Å²) in [5.41, 5.74) is 2.63. The molecule has 0 aliphatic heterocycles. The number of aromatic hydroxyl groups is 1. The molecule has 3 heterocycles. The minimum atomic E-state index is -3.39. The highest BCUT2D eigenvalue weighted by Gasteiger charge is 2.24. The van der Waals surface area contributed by atoms with Crippen molar-refractivity contribution in [2.45, 2.75) is 24.4 Å². The SMILES string of the molecule is CS(=O)(=O)c1ccc(Cn2c(=O)c(C(=O)NCc3ccncc3)c(O)c3ncc(Cc4ccccc4)cc32)cc1. The number of benzene rings is 2. The van der Waals surface area contributed by atoms with Crippen LogP contribution in [-0.2, 0) is 29.3 Å². The van der Waals surface area contributed by atoms with Gasteiger partial charge in [0.15, 0.2) is 15.6 Å². The molecule has 0 unspecified atom stereocenters. The fourth-order valence-electron chi connectivity index (χ4n) is 4.43. The summed E-state index contributed by atoms with van der Waals surface area (Å²) in [6.07, 6.45) is 6.47. The number of aromatic nitrogens is 3. The van der Waals surface area contributed by atoms with Crippen molar-refractivity contribution in [1.29, 1.82) is 0 Å². The van der Waals surface area contributed by atoms with Crippen LogP contribution in [-0.4, -0.2) is 40.2 Å². The van der Waals surface area contributed by atoms with E-state index in [9.17, 15) is 23.1 Å². The lowest BCUT2D eigenvalue weighted by molar-refractivity contribution is 0.0946. The lowest BCUT2D eigenvalue weighted by Crippen LogP contribution is -2.33. The molecule has 10 heteroatoms. The van der Waals surface area contributed by atoms with E-state index >= 15 is 0 Å². The molecule has 2 aromatic carbocycles. The van der Waals surface area contributed by atoms with Crippen molar-refractivity contribution in [3.8, 4) is 5.75 Å². The summed E-state index contributed by atoms with van der Waals surface area (Å²) in [4.78, 5) is 35.5. The Hall–Kier alpha value is -4.83. The monoisotopic (exact) mass is 554 g/mol. The van der Waals surface area contributed by atoms with E-state index in [1.54, 1.807) is 48.9 Å². The summed E-state index contributed by atoms with van der Waals surface area (Å²) in [6, 6.07) is 21.2. The molecule has 0 atom stereocenters. The summed E-state index contributed by atoms with van der Waals surface area (Å²) in [6.45, 7) is 0.162. The first-order valence-electron chi connectivity index (χ1n) is 12.4. The van der Waals surface area contributed by atoms with E-state index in [4.69, 9.17) is 0 Å². The molecule has 0 saturated carbocycles. The molecule has 202 valence electrons. The molecule has 5 aromatic rings. The van der Waals surface area contributed by atoms with Crippen LogP contribution in [0.4, 0.5) is 0 Å². The number of sulfone groups is 1. The summed E-state index contributed by atoms with van der Waals surface area (Å²) in [7, 11) is -3.39. The van der Waals surface area contributed by atoms with Gasteiger partial charge in [0, 0.05) is 31.4 Å². The molecule has 0 aliphatic carbocycles.